The zero-order valence-corrected chi connectivity index (χ0v) is 15.6. The lowest BCUT2D eigenvalue weighted by Gasteiger charge is -2.23. The van der Waals surface area contributed by atoms with Crippen LogP contribution in [0.5, 0.6) is 0 Å². The Kier molecular flexibility index (Phi) is 9.37. The first kappa shape index (κ1) is 19.5. The van der Waals surface area contributed by atoms with Crippen LogP contribution in [-0.2, 0) is 6.54 Å². The molecule has 0 saturated carbocycles. The second kappa shape index (κ2) is 11.1. The van der Waals surface area contributed by atoms with E-state index in [1.807, 2.05) is 7.05 Å². The van der Waals surface area contributed by atoms with Crippen molar-refractivity contribution in [3.8, 4) is 0 Å². The third kappa shape index (κ3) is 7.04. The van der Waals surface area contributed by atoms with E-state index in [-0.39, 0.29) is 0 Å². The molecule has 0 aromatic heterocycles. The minimum atomic E-state index is 0.881. The van der Waals surface area contributed by atoms with Crippen molar-refractivity contribution in [2.24, 2.45) is 4.99 Å². The number of hydrogen-bond acceptors (Lipinski definition) is 2. The molecule has 0 aliphatic heterocycles. The van der Waals surface area contributed by atoms with E-state index in [9.17, 15) is 0 Å². The van der Waals surface area contributed by atoms with Crippen LogP contribution < -0.4 is 5.32 Å². The predicted molar refractivity (Wildman–Crippen MR) is 101 cm³/mol. The van der Waals surface area contributed by atoms with Gasteiger partial charge in [-0.2, -0.15) is 0 Å². The van der Waals surface area contributed by atoms with Crippen LogP contribution in [0.1, 0.15) is 37.8 Å². The summed E-state index contributed by atoms with van der Waals surface area (Å²) in [6.07, 6.45) is 2.40. The van der Waals surface area contributed by atoms with E-state index in [2.05, 4.69) is 72.2 Å². The molecule has 1 aromatic rings. The Bertz CT molecular complexity index is 466. The fourth-order valence-electron chi connectivity index (χ4n) is 2.70. The lowest BCUT2D eigenvalue weighted by atomic mass is 10.1. The van der Waals surface area contributed by atoms with E-state index in [4.69, 9.17) is 0 Å². The van der Waals surface area contributed by atoms with E-state index >= 15 is 0 Å². The first-order valence-corrected chi connectivity index (χ1v) is 8.81. The predicted octanol–water partition coefficient (Wildman–Crippen LogP) is 3.12. The third-order valence-electron chi connectivity index (χ3n) is 4.32. The van der Waals surface area contributed by atoms with Crippen LogP contribution in [0.4, 0.5) is 0 Å². The van der Waals surface area contributed by atoms with Crippen LogP contribution in [0.25, 0.3) is 0 Å². The summed E-state index contributed by atoms with van der Waals surface area (Å²) in [5.41, 5.74) is 2.67. The smallest absolute Gasteiger partial charge is 0.193 e. The molecule has 23 heavy (non-hydrogen) atoms. The van der Waals surface area contributed by atoms with E-state index in [1.165, 1.54) is 30.5 Å². The van der Waals surface area contributed by atoms with Gasteiger partial charge in [0.15, 0.2) is 5.96 Å². The zero-order valence-electron chi connectivity index (χ0n) is 15.6. The summed E-state index contributed by atoms with van der Waals surface area (Å²) >= 11 is 0. The second-order valence-electron chi connectivity index (χ2n) is 5.99. The summed E-state index contributed by atoms with van der Waals surface area (Å²) in [7, 11) is 3.95. The number of guanidine groups is 1. The van der Waals surface area contributed by atoms with Gasteiger partial charge in [0.1, 0.15) is 0 Å². The van der Waals surface area contributed by atoms with Crippen molar-refractivity contribution in [2.45, 2.75) is 40.2 Å². The molecule has 0 radical (unpaired) electrons. The quantitative estimate of drug-likeness (QED) is 0.431. The van der Waals surface area contributed by atoms with Gasteiger partial charge in [-0.1, -0.05) is 38.1 Å². The Labute approximate surface area is 142 Å². The average Bonchev–Trinajstić information content (AvgIpc) is 2.56. The molecule has 0 heterocycles. The highest BCUT2D eigenvalue weighted by Gasteiger charge is 2.07. The van der Waals surface area contributed by atoms with Crippen molar-refractivity contribution in [3.05, 3.63) is 35.4 Å². The Balaban J connectivity index is 2.35. The molecule has 1 rings (SSSR count). The number of aryl methyl sites for hydroxylation is 1. The van der Waals surface area contributed by atoms with Crippen molar-refractivity contribution in [3.63, 3.8) is 0 Å². The Morgan fingerprint density at radius 2 is 1.83 bits per heavy atom. The molecular formula is C19H34N4. The van der Waals surface area contributed by atoms with Crippen LogP contribution in [0.15, 0.2) is 29.3 Å². The normalized spacial score (nSPS) is 11.8. The standard InChI is InChI=1S/C19H34N4/c1-6-23(7-2)15-11-10-14-21-19(20-4)22(5)16-18-13-9-8-12-17(18)3/h8-9,12-13H,6-7,10-11,14-16H2,1-5H3,(H,20,21). The van der Waals surface area contributed by atoms with Gasteiger partial charge < -0.3 is 15.1 Å². The summed E-state index contributed by atoms with van der Waals surface area (Å²) in [5.74, 6) is 0.969. The number of nitrogens with one attached hydrogen (secondary N) is 1. The van der Waals surface area contributed by atoms with E-state index in [0.717, 1.165) is 32.1 Å². The lowest BCUT2D eigenvalue weighted by molar-refractivity contribution is 0.297. The van der Waals surface area contributed by atoms with Crippen LogP contribution in [-0.4, -0.2) is 56.0 Å². The maximum Gasteiger partial charge on any atom is 0.193 e. The molecule has 0 aliphatic rings. The lowest BCUT2D eigenvalue weighted by Crippen LogP contribution is -2.39. The molecular weight excluding hydrogens is 284 g/mol. The monoisotopic (exact) mass is 318 g/mol. The number of aliphatic imine (C=N–C) groups is 1. The first-order chi connectivity index (χ1) is 11.1. The third-order valence-corrected chi connectivity index (χ3v) is 4.32. The molecule has 0 saturated heterocycles. The molecule has 4 heteroatoms. The summed E-state index contributed by atoms with van der Waals surface area (Å²) in [5, 5.41) is 3.48. The van der Waals surface area contributed by atoms with Gasteiger partial charge in [0.25, 0.3) is 0 Å². The summed E-state index contributed by atoms with van der Waals surface area (Å²) in [6.45, 7) is 11.9. The molecule has 0 fully saturated rings. The maximum atomic E-state index is 4.40. The fraction of sp³-hybridized carbons (Fsp3) is 0.632. The van der Waals surface area contributed by atoms with Gasteiger partial charge in [0.2, 0.25) is 0 Å². The van der Waals surface area contributed by atoms with Gasteiger partial charge in [0, 0.05) is 27.2 Å². The maximum absolute atomic E-state index is 4.40. The van der Waals surface area contributed by atoms with Crippen molar-refractivity contribution in [2.75, 3.05) is 40.3 Å². The summed E-state index contributed by atoms with van der Waals surface area (Å²) in [4.78, 5) is 9.06. The van der Waals surface area contributed by atoms with E-state index in [0.29, 0.717) is 0 Å². The van der Waals surface area contributed by atoms with Gasteiger partial charge in [-0.25, -0.2) is 0 Å². The molecule has 4 nitrogen and oxygen atoms in total. The first-order valence-electron chi connectivity index (χ1n) is 8.81. The van der Waals surface area contributed by atoms with E-state index in [1.54, 1.807) is 0 Å². The van der Waals surface area contributed by atoms with Crippen LogP contribution >= 0.6 is 0 Å². The second-order valence-corrected chi connectivity index (χ2v) is 5.99. The fourth-order valence-corrected chi connectivity index (χ4v) is 2.70. The van der Waals surface area contributed by atoms with E-state index < -0.39 is 0 Å². The van der Waals surface area contributed by atoms with Gasteiger partial charge in [0.05, 0.1) is 0 Å². The SMILES string of the molecule is CCN(CC)CCCCNC(=NC)N(C)Cc1ccccc1C. The van der Waals surface area contributed by atoms with Gasteiger partial charge in [-0.3, -0.25) is 4.99 Å². The topological polar surface area (TPSA) is 30.9 Å². The summed E-state index contributed by atoms with van der Waals surface area (Å²) < 4.78 is 0. The highest BCUT2D eigenvalue weighted by Crippen LogP contribution is 2.09. The molecule has 0 atom stereocenters. The number of unbranched alkanes of at least 4 members (excludes halogenated alkanes) is 1. The van der Waals surface area contributed by atoms with Gasteiger partial charge >= 0.3 is 0 Å². The minimum Gasteiger partial charge on any atom is -0.356 e. The van der Waals surface area contributed by atoms with Crippen LogP contribution in [0.3, 0.4) is 0 Å². The molecule has 130 valence electrons. The Hall–Kier alpha value is -1.55. The number of benzene rings is 1. The minimum absolute atomic E-state index is 0.881. The molecule has 0 aliphatic carbocycles. The van der Waals surface area contributed by atoms with Crippen LogP contribution in [0, 0.1) is 6.92 Å². The summed E-state index contributed by atoms with van der Waals surface area (Å²) in [6, 6.07) is 8.52. The van der Waals surface area contributed by atoms with Gasteiger partial charge in [-0.15, -0.1) is 0 Å². The molecule has 1 N–H and O–H groups in total. The zero-order chi connectivity index (χ0) is 17.1. The molecule has 0 amide bonds. The Morgan fingerprint density at radius 1 is 1.13 bits per heavy atom. The largest absolute Gasteiger partial charge is 0.356 e. The van der Waals surface area contributed by atoms with Gasteiger partial charge in [-0.05, 0) is 50.5 Å². The highest BCUT2D eigenvalue weighted by atomic mass is 15.3. The van der Waals surface area contributed by atoms with Crippen molar-refractivity contribution in [1.82, 2.24) is 15.1 Å². The molecule has 0 bridgehead atoms. The molecule has 0 unspecified atom stereocenters. The number of hydrogen-bond donors (Lipinski definition) is 1. The molecule has 0 spiro atoms. The number of nitrogens with zero attached hydrogens (tertiary/aromatic N) is 3. The van der Waals surface area contributed by atoms with Crippen LogP contribution in [0.2, 0.25) is 0 Å². The van der Waals surface area contributed by atoms with Crippen molar-refractivity contribution < 1.29 is 0 Å². The molecule has 1 aromatic carbocycles. The number of rotatable bonds is 9. The Morgan fingerprint density at radius 3 is 2.43 bits per heavy atom. The van der Waals surface area contributed by atoms with Crippen molar-refractivity contribution >= 4 is 5.96 Å². The highest BCUT2D eigenvalue weighted by molar-refractivity contribution is 5.79. The van der Waals surface area contributed by atoms with Crippen molar-refractivity contribution in [1.29, 1.82) is 0 Å². The average molecular weight is 319 g/mol.